The third-order valence-electron chi connectivity index (χ3n) is 7.08. The molecule has 0 bridgehead atoms. The zero-order valence-corrected chi connectivity index (χ0v) is 21.7. The smallest absolute Gasteiger partial charge is 0.211 e. The minimum atomic E-state index is -0.310. The Bertz CT molecular complexity index is 1380. The molecule has 4 aromatic rings. The molecule has 1 aliphatic rings. The van der Waals surface area contributed by atoms with Crippen LogP contribution in [0, 0.1) is 5.82 Å². The molecule has 1 unspecified atom stereocenters. The maximum atomic E-state index is 13.7. The van der Waals surface area contributed by atoms with E-state index in [-0.39, 0.29) is 11.9 Å². The van der Waals surface area contributed by atoms with Crippen LogP contribution in [0.5, 0.6) is 23.0 Å². The Morgan fingerprint density at radius 2 is 1.76 bits per heavy atom. The molecule has 2 heterocycles. The highest BCUT2D eigenvalue weighted by atomic mass is 19.1. The number of hydrogen-bond acceptors (Lipinski definition) is 6. The number of methoxy groups -OCH3 is 2. The monoisotopic (exact) mass is 517 g/mol. The van der Waals surface area contributed by atoms with Gasteiger partial charge in [0.05, 0.1) is 25.9 Å². The highest BCUT2D eigenvalue weighted by molar-refractivity contribution is 5.83. The lowest BCUT2D eigenvalue weighted by atomic mass is 10.1. The first-order valence-corrected chi connectivity index (χ1v) is 12.8. The topological polar surface area (TPSA) is 67.0 Å². The summed E-state index contributed by atoms with van der Waals surface area (Å²) in [5, 5.41) is 0.934. The van der Waals surface area contributed by atoms with Crippen molar-refractivity contribution in [2.75, 3.05) is 45.3 Å². The Balaban J connectivity index is 1.26. The molecule has 1 fully saturated rings. The summed E-state index contributed by atoms with van der Waals surface area (Å²) in [5.74, 6) is 2.02. The number of carbonyl (C=O) groups excluding carboxylic acids is 1. The van der Waals surface area contributed by atoms with Gasteiger partial charge in [0, 0.05) is 36.7 Å². The largest absolute Gasteiger partial charge is 0.493 e. The fourth-order valence-corrected chi connectivity index (χ4v) is 5.15. The van der Waals surface area contributed by atoms with E-state index in [1.807, 2.05) is 48.7 Å². The normalized spacial score (nSPS) is 16.0. The van der Waals surface area contributed by atoms with E-state index >= 15 is 0 Å². The van der Waals surface area contributed by atoms with Crippen molar-refractivity contribution in [3.8, 4) is 23.0 Å². The van der Waals surface area contributed by atoms with Crippen LogP contribution in [-0.2, 0) is 11.2 Å². The van der Waals surface area contributed by atoms with E-state index in [4.69, 9.17) is 14.2 Å². The van der Waals surface area contributed by atoms with E-state index in [0.717, 1.165) is 54.4 Å². The van der Waals surface area contributed by atoms with Crippen molar-refractivity contribution in [3.05, 3.63) is 78.2 Å². The van der Waals surface area contributed by atoms with Crippen LogP contribution < -0.4 is 19.1 Å². The molecule has 198 valence electrons. The first-order valence-electron chi connectivity index (χ1n) is 12.8. The Morgan fingerprint density at radius 3 is 2.53 bits per heavy atom. The number of nitrogens with one attached hydrogen (secondary N) is 1. The van der Waals surface area contributed by atoms with Gasteiger partial charge in [0.25, 0.3) is 0 Å². The number of fused-ring (bicyclic) bond motifs is 1. The van der Waals surface area contributed by atoms with E-state index in [1.165, 1.54) is 6.07 Å². The van der Waals surface area contributed by atoms with Gasteiger partial charge < -0.3 is 28.9 Å². The Labute approximate surface area is 221 Å². The molecule has 3 aromatic carbocycles. The quantitative estimate of drug-likeness (QED) is 0.283. The summed E-state index contributed by atoms with van der Waals surface area (Å²) in [7, 11) is 3.18. The Kier molecular flexibility index (Phi) is 7.79. The molecular weight excluding hydrogens is 485 g/mol. The molecule has 0 aliphatic carbocycles. The molecule has 7 nitrogen and oxygen atoms in total. The molecule has 0 radical (unpaired) electrons. The molecular formula is C30H32FN3O4. The highest BCUT2D eigenvalue weighted by Gasteiger charge is 2.29. The molecule has 0 amide bonds. The molecule has 1 N–H and O–H groups in total. The number of piperazine rings is 1. The summed E-state index contributed by atoms with van der Waals surface area (Å²) in [4.78, 5) is 19.8. The molecule has 38 heavy (non-hydrogen) atoms. The summed E-state index contributed by atoms with van der Waals surface area (Å²) in [6.07, 6.45) is 4.73. The van der Waals surface area contributed by atoms with Gasteiger partial charge in [-0.05, 0) is 67.4 Å². The summed E-state index contributed by atoms with van der Waals surface area (Å²) >= 11 is 0. The van der Waals surface area contributed by atoms with Crippen LogP contribution in [0.15, 0.2) is 66.9 Å². The molecule has 1 saturated heterocycles. The summed E-state index contributed by atoms with van der Waals surface area (Å²) in [6.45, 7) is 2.99. The van der Waals surface area contributed by atoms with E-state index in [2.05, 4.69) is 14.8 Å². The first-order chi connectivity index (χ1) is 18.6. The van der Waals surface area contributed by atoms with Crippen molar-refractivity contribution in [2.24, 2.45) is 0 Å². The van der Waals surface area contributed by atoms with Crippen molar-refractivity contribution in [3.63, 3.8) is 0 Å². The zero-order valence-electron chi connectivity index (χ0n) is 21.7. The lowest BCUT2D eigenvalue weighted by Crippen LogP contribution is -2.54. The molecule has 0 saturated carbocycles. The number of hydrogen-bond donors (Lipinski definition) is 1. The van der Waals surface area contributed by atoms with Crippen LogP contribution in [0.1, 0.15) is 12.0 Å². The van der Waals surface area contributed by atoms with Crippen molar-refractivity contribution in [2.45, 2.75) is 18.9 Å². The number of rotatable bonds is 10. The van der Waals surface area contributed by atoms with Crippen LogP contribution in [0.3, 0.4) is 0 Å². The van der Waals surface area contributed by atoms with Gasteiger partial charge in [0.15, 0.2) is 17.2 Å². The number of carbonyl (C=O) groups is 1. The second-order valence-corrected chi connectivity index (χ2v) is 9.37. The standard InChI is InChI=1S/C30H32FN3O4/c1-36-28-10-5-11-29(37-2)30(28)38-27-9-4-3-8-26(27)34-16-15-33(19-23(34)20-35)14-6-7-21-18-32-25-13-12-22(31)17-24(21)25/h3-5,8-13,17-18,20,23,32H,6-7,14-16,19H2,1-2H3. The second-order valence-electron chi connectivity index (χ2n) is 9.37. The number of aryl methyl sites for hydroxylation is 1. The Hall–Kier alpha value is -4.04. The maximum absolute atomic E-state index is 13.7. The number of benzene rings is 3. The molecule has 0 spiro atoms. The summed E-state index contributed by atoms with van der Waals surface area (Å²) < 4.78 is 31.0. The number of H-pyrrole nitrogens is 1. The van der Waals surface area contributed by atoms with Gasteiger partial charge in [0.1, 0.15) is 12.1 Å². The van der Waals surface area contributed by atoms with E-state index in [9.17, 15) is 9.18 Å². The zero-order chi connectivity index (χ0) is 26.5. The average molecular weight is 518 g/mol. The number of nitrogens with zero attached hydrogens (tertiary/aromatic N) is 2. The summed E-state index contributed by atoms with van der Waals surface area (Å²) in [6, 6.07) is 17.7. The number of aromatic nitrogens is 1. The number of anilines is 1. The van der Waals surface area contributed by atoms with Gasteiger partial charge in [-0.1, -0.05) is 18.2 Å². The molecule has 1 aliphatic heterocycles. The second kappa shape index (κ2) is 11.6. The average Bonchev–Trinajstić information content (AvgIpc) is 3.35. The maximum Gasteiger partial charge on any atom is 0.211 e. The number of para-hydroxylation sites is 3. The third kappa shape index (κ3) is 5.31. The number of aldehydes is 1. The molecule has 1 atom stereocenters. The lowest BCUT2D eigenvalue weighted by molar-refractivity contribution is -0.109. The van der Waals surface area contributed by atoms with Gasteiger partial charge in [-0.25, -0.2) is 4.39 Å². The number of halogens is 1. The Morgan fingerprint density at radius 1 is 1.00 bits per heavy atom. The fourth-order valence-electron chi connectivity index (χ4n) is 5.15. The third-order valence-corrected chi connectivity index (χ3v) is 7.08. The number of ether oxygens (including phenoxy) is 3. The first kappa shape index (κ1) is 25.6. The SMILES string of the molecule is COc1cccc(OC)c1Oc1ccccc1N1CCN(CCCc2c[nH]c3ccc(F)cc23)CC1C=O. The van der Waals surface area contributed by atoms with Gasteiger partial charge >= 0.3 is 0 Å². The van der Waals surface area contributed by atoms with E-state index in [0.29, 0.717) is 36.1 Å². The van der Waals surface area contributed by atoms with Crippen LogP contribution in [-0.4, -0.2) is 62.6 Å². The van der Waals surface area contributed by atoms with Gasteiger partial charge in [-0.2, -0.15) is 0 Å². The predicted molar refractivity (Wildman–Crippen MR) is 146 cm³/mol. The van der Waals surface area contributed by atoms with Crippen LogP contribution in [0.4, 0.5) is 10.1 Å². The van der Waals surface area contributed by atoms with Crippen molar-refractivity contribution in [1.29, 1.82) is 0 Å². The minimum Gasteiger partial charge on any atom is -0.493 e. The molecule has 8 heteroatoms. The molecule has 1 aromatic heterocycles. The van der Waals surface area contributed by atoms with E-state index in [1.54, 1.807) is 26.4 Å². The van der Waals surface area contributed by atoms with Gasteiger partial charge in [-0.15, -0.1) is 0 Å². The number of aromatic amines is 1. The molecule has 5 rings (SSSR count). The van der Waals surface area contributed by atoms with E-state index < -0.39 is 0 Å². The minimum absolute atomic E-state index is 0.225. The predicted octanol–water partition coefficient (Wildman–Crippen LogP) is 5.44. The van der Waals surface area contributed by atoms with Crippen molar-refractivity contribution < 1.29 is 23.4 Å². The van der Waals surface area contributed by atoms with Crippen molar-refractivity contribution in [1.82, 2.24) is 9.88 Å². The fraction of sp³-hybridized carbons (Fsp3) is 0.300. The van der Waals surface area contributed by atoms with Gasteiger partial charge in [-0.3, -0.25) is 4.90 Å². The van der Waals surface area contributed by atoms with Crippen LogP contribution in [0.2, 0.25) is 0 Å². The van der Waals surface area contributed by atoms with Gasteiger partial charge in [0.2, 0.25) is 5.75 Å². The van der Waals surface area contributed by atoms with Crippen molar-refractivity contribution >= 4 is 22.9 Å². The van der Waals surface area contributed by atoms with Crippen LogP contribution in [0.25, 0.3) is 10.9 Å². The van der Waals surface area contributed by atoms with Crippen LogP contribution >= 0.6 is 0 Å². The highest BCUT2D eigenvalue weighted by Crippen LogP contribution is 2.43. The summed E-state index contributed by atoms with van der Waals surface area (Å²) in [5.41, 5.74) is 2.91. The lowest BCUT2D eigenvalue weighted by Gasteiger charge is -2.40.